The smallest absolute Gasteiger partial charge is 0.337 e. The standard InChI is InChI=1S/2C8H8O3.H2O/c2*9-7(8(10)11)6-4-2-1-3-5-6;/h2*1-5,7,9H,(H,10,11);1H2. The first-order valence-corrected chi connectivity index (χ1v) is 6.35. The van der Waals surface area contributed by atoms with Crippen LogP contribution < -0.4 is 0 Å². The third kappa shape index (κ3) is 6.70. The molecule has 124 valence electrons. The van der Waals surface area contributed by atoms with E-state index in [9.17, 15) is 9.59 Å². The number of hydrogen-bond acceptors (Lipinski definition) is 4. The van der Waals surface area contributed by atoms with Crippen LogP contribution >= 0.6 is 0 Å². The van der Waals surface area contributed by atoms with Gasteiger partial charge in [0.1, 0.15) is 0 Å². The Balaban J connectivity index is 0.000000403. The van der Waals surface area contributed by atoms with Crippen LogP contribution in [0.4, 0.5) is 0 Å². The number of aliphatic hydroxyl groups is 2. The average molecular weight is 322 g/mol. The molecule has 2 atom stereocenters. The van der Waals surface area contributed by atoms with Gasteiger partial charge < -0.3 is 25.9 Å². The normalized spacial score (nSPS) is 11.9. The van der Waals surface area contributed by atoms with E-state index in [0.717, 1.165) is 0 Å². The van der Waals surface area contributed by atoms with Gasteiger partial charge in [0, 0.05) is 0 Å². The molecule has 23 heavy (non-hydrogen) atoms. The molecule has 0 aromatic heterocycles. The summed E-state index contributed by atoms with van der Waals surface area (Å²) in [5.74, 6) is -2.45. The Morgan fingerprint density at radius 3 is 1.13 bits per heavy atom. The van der Waals surface area contributed by atoms with E-state index in [1.807, 2.05) is 0 Å². The Bertz CT molecular complexity index is 543. The summed E-state index contributed by atoms with van der Waals surface area (Å²) in [5, 5.41) is 34.8. The fourth-order valence-corrected chi connectivity index (χ4v) is 1.56. The largest absolute Gasteiger partial charge is 0.479 e. The second-order valence-corrected chi connectivity index (χ2v) is 4.30. The quantitative estimate of drug-likeness (QED) is 0.654. The summed E-state index contributed by atoms with van der Waals surface area (Å²) < 4.78 is 0. The molecule has 2 rings (SSSR count). The van der Waals surface area contributed by atoms with E-state index in [2.05, 4.69) is 0 Å². The summed E-state index contributed by atoms with van der Waals surface area (Å²) in [6, 6.07) is 16.5. The number of aliphatic carboxylic acids is 2. The van der Waals surface area contributed by atoms with Crippen molar-refractivity contribution in [2.24, 2.45) is 0 Å². The van der Waals surface area contributed by atoms with Gasteiger partial charge in [0.15, 0.2) is 12.2 Å². The number of carbonyl (C=O) groups is 2. The van der Waals surface area contributed by atoms with E-state index in [1.54, 1.807) is 60.7 Å². The highest BCUT2D eigenvalue weighted by atomic mass is 16.4. The van der Waals surface area contributed by atoms with Gasteiger partial charge in [-0.05, 0) is 11.1 Å². The van der Waals surface area contributed by atoms with Crippen LogP contribution in [0.2, 0.25) is 0 Å². The van der Waals surface area contributed by atoms with Gasteiger partial charge in [-0.1, -0.05) is 60.7 Å². The zero-order valence-corrected chi connectivity index (χ0v) is 12.0. The lowest BCUT2D eigenvalue weighted by Gasteiger charge is -2.03. The molecule has 0 amide bonds. The molecule has 0 heterocycles. The van der Waals surface area contributed by atoms with Crippen LogP contribution in [-0.2, 0) is 9.59 Å². The summed E-state index contributed by atoms with van der Waals surface area (Å²) >= 11 is 0. The fourth-order valence-electron chi connectivity index (χ4n) is 1.56. The van der Waals surface area contributed by atoms with Crippen LogP contribution in [0.1, 0.15) is 23.3 Å². The first-order valence-electron chi connectivity index (χ1n) is 6.35. The molecule has 0 saturated carbocycles. The summed E-state index contributed by atoms with van der Waals surface area (Å²) in [6.45, 7) is 0. The predicted octanol–water partition coefficient (Wildman–Crippen LogP) is 0.785. The van der Waals surface area contributed by atoms with Gasteiger partial charge in [0.05, 0.1) is 0 Å². The molecule has 2 aromatic carbocycles. The third-order valence-electron chi connectivity index (χ3n) is 2.70. The number of rotatable bonds is 4. The van der Waals surface area contributed by atoms with Crippen molar-refractivity contribution < 1.29 is 35.5 Å². The van der Waals surface area contributed by atoms with E-state index in [4.69, 9.17) is 20.4 Å². The first kappa shape index (κ1) is 20.3. The van der Waals surface area contributed by atoms with Gasteiger partial charge in [-0.25, -0.2) is 9.59 Å². The highest BCUT2D eigenvalue weighted by Crippen LogP contribution is 2.11. The van der Waals surface area contributed by atoms with Gasteiger partial charge in [-0.15, -0.1) is 0 Å². The van der Waals surface area contributed by atoms with Crippen molar-refractivity contribution in [2.45, 2.75) is 12.2 Å². The maximum absolute atomic E-state index is 10.2. The monoisotopic (exact) mass is 322 g/mol. The minimum Gasteiger partial charge on any atom is -0.479 e. The third-order valence-corrected chi connectivity index (χ3v) is 2.70. The molecule has 0 bridgehead atoms. The van der Waals surface area contributed by atoms with Crippen molar-refractivity contribution in [3.05, 3.63) is 71.8 Å². The highest BCUT2D eigenvalue weighted by molar-refractivity contribution is 5.74. The molecule has 0 fully saturated rings. The van der Waals surface area contributed by atoms with Crippen LogP contribution in [-0.4, -0.2) is 37.8 Å². The van der Waals surface area contributed by atoms with Crippen molar-refractivity contribution in [1.29, 1.82) is 0 Å². The fraction of sp³-hybridized carbons (Fsp3) is 0.125. The number of aliphatic hydroxyl groups excluding tert-OH is 2. The number of benzene rings is 2. The molecule has 2 unspecified atom stereocenters. The van der Waals surface area contributed by atoms with Crippen LogP contribution in [0.25, 0.3) is 0 Å². The topological polar surface area (TPSA) is 147 Å². The molecule has 7 nitrogen and oxygen atoms in total. The van der Waals surface area contributed by atoms with E-state index in [0.29, 0.717) is 11.1 Å². The lowest BCUT2D eigenvalue weighted by atomic mass is 10.1. The second-order valence-electron chi connectivity index (χ2n) is 4.30. The van der Waals surface area contributed by atoms with Gasteiger partial charge in [-0.2, -0.15) is 0 Å². The van der Waals surface area contributed by atoms with Crippen LogP contribution in [0, 0.1) is 0 Å². The SMILES string of the molecule is O.O=C(O)C(O)c1ccccc1.O=C(O)C(O)c1ccccc1. The number of carboxylic acid groups (broad SMARTS) is 2. The van der Waals surface area contributed by atoms with E-state index < -0.39 is 24.1 Å². The number of carboxylic acids is 2. The minimum atomic E-state index is -1.41. The Hall–Kier alpha value is -2.74. The van der Waals surface area contributed by atoms with Crippen LogP contribution in [0.15, 0.2) is 60.7 Å². The molecular weight excluding hydrogens is 304 g/mol. The molecule has 0 aliphatic heterocycles. The maximum Gasteiger partial charge on any atom is 0.337 e. The molecule has 0 aliphatic carbocycles. The Labute approximate surface area is 132 Å². The summed E-state index contributed by atoms with van der Waals surface area (Å²) in [5.41, 5.74) is 0.806. The Kier molecular flexibility index (Phi) is 8.87. The molecule has 0 saturated heterocycles. The lowest BCUT2D eigenvalue weighted by molar-refractivity contribution is -0.147. The summed E-state index contributed by atoms with van der Waals surface area (Å²) in [4.78, 5) is 20.5. The Morgan fingerprint density at radius 2 is 0.913 bits per heavy atom. The average Bonchev–Trinajstić information content (AvgIpc) is 2.55. The van der Waals surface area contributed by atoms with Crippen molar-refractivity contribution in [2.75, 3.05) is 0 Å². The van der Waals surface area contributed by atoms with Gasteiger partial charge in [0.25, 0.3) is 0 Å². The van der Waals surface area contributed by atoms with Crippen molar-refractivity contribution in [3.8, 4) is 0 Å². The minimum absolute atomic E-state index is 0. The zero-order valence-electron chi connectivity index (χ0n) is 12.0. The molecule has 6 N–H and O–H groups in total. The highest BCUT2D eigenvalue weighted by Gasteiger charge is 2.14. The van der Waals surface area contributed by atoms with Crippen LogP contribution in [0.3, 0.4) is 0 Å². The molecule has 2 aromatic rings. The summed E-state index contributed by atoms with van der Waals surface area (Å²) in [6.07, 6.45) is -2.81. The molecular formula is C16H18O7. The van der Waals surface area contributed by atoms with Crippen molar-refractivity contribution in [1.82, 2.24) is 0 Å². The van der Waals surface area contributed by atoms with Gasteiger partial charge in [-0.3, -0.25) is 0 Å². The van der Waals surface area contributed by atoms with E-state index in [-0.39, 0.29) is 5.48 Å². The molecule has 0 aliphatic rings. The Morgan fingerprint density at radius 1 is 0.652 bits per heavy atom. The molecule has 0 radical (unpaired) electrons. The van der Waals surface area contributed by atoms with Gasteiger partial charge >= 0.3 is 11.9 Å². The molecule has 7 heteroatoms. The second kappa shape index (κ2) is 10.1. The predicted molar refractivity (Wildman–Crippen MR) is 81.7 cm³/mol. The lowest BCUT2D eigenvalue weighted by Crippen LogP contribution is -2.09. The van der Waals surface area contributed by atoms with Crippen molar-refractivity contribution in [3.63, 3.8) is 0 Å². The van der Waals surface area contributed by atoms with E-state index in [1.165, 1.54) is 0 Å². The van der Waals surface area contributed by atoms with Gasteiger partial charge in [0.2, 0.25) is 0 Å². The molecule has 0 spiro atoms. The first-order chi connectivity index (χ1) is 10.4. The number of hydrogen-bond donors (Lipinski definition) is 4. The maximum atomic E-state index is 10.2. The zero-order chi connectivity index (χ0) is 16.5. The van der Waals surface area contributed by atoms with Crippen LogP contribution in [0.5, 0.6) is 0 Å². The summed E-state index contributed by atoms with van der Waals surface area (Å²) in [7, 11) is 0. The van der Waals surface area contributed by atoms with Crippen molar-refractivity contribution >= 4 is 11.9 Å². The van der Waals surface area contributed by atoms with E-state index >= 15 is 0 Å².